The Morgan fingerprint density at radius 1 is 1.36 bits per heavy atom. The van der Waals surface area contributed by atoms with Crippen LogP contribution in [0.25, 0.3) is 11.0 Å². The lowest BCUT2D eigenvalue weighted by Gasteiger charge is -2.19. The number of carbonyl (C=O) groups is 1. The van der Waals surface area contributed by atoms with Gasteiger partial charge in [0, 0.05) is 9.86 Å². The number of aromatic nitrogens is 3. The van der Waals surface area contributed by atoms with E-state index in [1.54, 1.807) is 12.1 Å². The SMILES string of the molecule is O=C(c1cc2cc(Br)ccc2o1)C1N=Nc2ncnn2C1O. The fourth-order valence-electron chi connectivity index (χ4n) is 2.28. The summed E-state index contributed by atoms with van der Waals surface area (Å²) in [6, 6.07) is 5.91. The van der Waals surface area contributed by atoms with Crippen molar-refractivity contribution in [3.8, 4) is 0 Å². The van der Waals surface area contributed by atoms with E-state index >= 15 is 0 Å². The molecule has 0 saturated heterocycles. The van der Waals surface area contributed by atoms with Crippen molar-refractivity contribution in [2.45, 2.75) is 12.3 Å². The number of hydrogen-bond donors (Lipinski definition) is 1. The number of hydrogen-bond acceptors (Lipinski definition) is 7. The molecule has 2 aromatic heterocycles. The van der Waals surface area contributed by atoms with Gasteiger partial charge in [-0.3, -0.25) is 4.79 Å². The zero-order valence-electron chi connectivity index (χ0n) is 10.9. The van der Waals surface area contributed by atoms with E-state index in [0.29, 0.717) is 5.58 Å². The Labute approximate surface area is 131 Å². The van der Waals surface area contributed by atoms with Crippen LogP contribution in [0, 0.1) is 0 Å². The van der Waals surface area contributed by atoms with Crippen molar-refractivity contribution in [2.24, 2.45) is 10.2 Å². The van der Waals surface area contributed by atoms with Gasteiger partial charge in [-0.15, -0.1) is 5.11 Å². The number of Topliss-reactive ketones (excluding diaryl/α,β-unsaturated/α-hetero) is 1. The minimum absolute atomic E-state index is 0.111. The van der Waals surface area contributed by atoms with Crippen LogP contribution < -0.4 is 0 Å². The average Bonchev–Trinajstić information content (AvgIpc) is 3.12. The molecule has 4 rings (SSSR count). The number of fused-ring (bicyclic) bond motifs is 2. The Morgan fingerprint density at radius 2 is 2.23 bits per heavy atom. The molecule has 0 fully saturated rings. The van der Waals surface area contributed by atoms with Crippen molar-refractivity contribution >= 4 is 38.6 Å². The molecule has 2 unspecified atom stereocenters. The molecule has 1 aromatic carbocycles. The van der Waals surface area contributed by atoms with Crippen LogP contribution in [0.1, 0.15) is 16.8 Å². The second-order valence-electron chi connectivity index (χ2n) is 4.74. The number of ketones is 1. The monoisotopic (exact) mass is 361 g/mol. The third-order valence-electron chi connectivity index (χ3n) is 3.35. The van der Waals surface area contributed by atoms with Gasteiger partial charge in [-0.25, -0.2) is 0 Å². The maximum Gasteiger partial charge on any atom is 0.269 e. The van der Waals surface area contributed by atoms with Crippen molar-refractivity contribution in [3.63, 3.8) is 0 Å². The van der Waals surface area contributed by atoms with E-state index in [9.17, 15) is 9.90 Å². The Bertz CT molecular complexity index is 915. The quantitative estimate of drug-likeness (QED) is 0.706. The molecule has 22 heavy (non-hydrogen) atoms. The molecule has 9 heteroatoms. The third kappa shape index (κ3) is 1.97. The van der Waals surface area contributed by atoms with E-state index in [1.165, 1.54) is 6.33 Å². The topological polar surface area (TPSA) is 106 Å². The zero-order valence-corrected chi connectivity index (χ0v) is 12.5. The van der Waals surface area contributed by atoms with Gasteiger partial charge in [0.05, 0.1) is 0 Å². The first-order valence-corrected chi connectivity index (χ1v) is 7.14. The summed E-state index contributed by atoms with van der Waals surface area (Å²) in [6.45, 7) is 0. The number of furan rings is 1. The van der Waals surface area contributed by atoms with Gasteiger partial charge >= 0.3 is 0 Å². The standard InChI is InChI=1S/C13H8BrN5O3/c14-7-1-2-8-6(3-7)4-9(22-8)11(20)10-12(21)19-13(18-17-10)15-5-16-19/h1-5,10,12,21H. The van der Waals surface area contributed by atoms with Gasteiger partial charge in [0.25, 0.3) is 5.95 Å². The molecule has 0 bridgehead atoms. The summed E-state index contributed by atoms with van der Waals surface area (Å²) in [6.07, 6.45) is -0.0224. The maximum absolute atomic E-state index is 12.5. The van der Waals surface area contributed by atoms with Crippen molar-refractivity contribution in [1.29, 1.82) is 0 Å². The zero-order chi connectivity index (χ0) is 15.3. The third-order valence-corrected chi connectivity index (χ3v) is 3.84. The Balaban J connectivity index is 1.71. The summed E-state index contributed by atoms with van der Waals surface area (Å²) >= 11 is 3.36. The molecule has 1 N–H and O–H groups in total. The predicted octanol–water partition coefficient (Wildman–Crippen LogP) is 2.63. The van der Waals surface area contributed by atoms with Gasteiger partial charge in [0.2, 0.25) is 5.78 Å². The van der Waals surface area contributed by atoms with E-state index < -0.39 is 18.1 Å². The summed E-state index contributed by atoms with van der Waals surface area (Å²) in [4.78, 5) is 16.3. The minimum atomic E-state index is -1.26. The molecule has 8 nitrogen and oxygen atoms in total. The molecule has 0 radical (unpaired) electrons. The highest BCUT2D eigenvalue weighted by Gasteiger charge is 2.36. The molecule has 3 aromatic rings. The molecule has 0 aliphatic carbocycles. The molecular weight excluding hydrogens is 354 g/mol. The fourth-order valence-corrected chi connectivity index (χ4v) is 2.66. The first-order chi connectivity index (χ1) is 10.6. The van der Waals surface area contributed by atoms with Gasteiger partial charge in [-0.1, -0.05) is 15.9 Å². The van der Waals surface area contributed by atoms with E-state index in [2.05, 4.69) is 36.2 Å². The molecule has 2 atom stereocenters. The van der Waals surface area contributed by atoms with Crippen LogP contribution in [0.5, 0.6) is 0 Å². The van der Waals surface area contributed by atoms with Crippen LogP contribution >= 0.6 is 15.9 Å². The van der Waals surface area contributed by atoms with Crippen molar-refractivity contribution in [1.82, 2.24) is 14.8 Å². The first-order valence-electron chi connectivity index (χ1n) is 6.35. The number of azo groups is 1. The summed E-state index contributed by atoms with van der Waals surface area (Å²) in [5, 5.41) is 22.4. The van der Waals surface area contributed by atoms with Crippen LogP contribution in [-0.4, -0.2) is 31.7 Å². The van der Waals surface area contributed by atoms with E-state index in [-0.39, 0.29) is 11.7 Å². The maximum atomic E-state index is 12.5. The van der Waals surface area contributed by atoms with Gasteiger partial charge < -0.3 is 9.52 Å². The smallest absolute Gasteiger partial charge is 0.269 e. The van der Waals surface area contributed by atoms with E-state index in [0.717, 1.165) is 14.5 Å². The number of aliphatic hydroxyl groups excluding tert-OH is 1. The van der Waals surface area contributed by atoms with Gasteiger partial charge in [-0.2, -0.15) is 19.9 Å². The fraction of sp³-hybridized carbons (Fsp3) is 0.154. The Kier molecular flexibility index (Phi) is 2.91. The van der Waals surface area contributed by atoms with Gasteiger partial charge in [-0.05, 0) is 24.3 Å². The second kappa shape index (κ2) is 4.82. The first kappa shape index (κ1) is 13.3. The molecule has 1 aliphatic heterocycles. The Morgan fingerprint density at radius 3 is 3.09 bits per heavy atom. The lowest BCUT2D eigenvalue weighted by atomic mass is 10.1. The molecule has 110 valence electrons. The van der Waals surface area contributed by atoms with Crippen LogP contribution in [0.3, 0.4) is 0 Å². The highest BCUT2D eigenvalue weighted by molar-refractivity contribution is 9.10. The molecule has 0 spiro atoms. The normalized spacial score (nSPS) is 20.3. The van der Waals surface area contributed by atoms with E-state index in [1.807, 2.05) is 12.1 Å². The summed E-state index contributed by atoms with van der Waals surface area (Å²) in [7, 11) is 0. The second-order valence-corrected chi connectivity index (χ2v) is 5.65. The number of rotatable bonds is 2. The molecule has 1 aliphatic rings. The molecule has 3 heterocycles. The van der Waals surface area contributed by atoms with Crippen LogP contribution in [-0.2, 0) is 0 Å². The lowest BCUT2D eigenvalue weighted by Crippen LogP contribution is -2.32. The van der Waals surface area contributed by atoms with Crippen molar-refractivity contribution in [3.05, 3.63) is 40.8 Å². The predicted molar refractivity (Wildman–Crippen MR) is 77.8 cm³/mol. The number of aliphatic hydroxyl groups is 1. The van der Waals surface area contributed by atoms with Crippen molar-refractivity contribution < 1.29 is 14.3 Å². The highest BCUT2D eigenvalue weighted by Crippen LogP contribution is 2.29. The summed E-state index contributed by atoms with van der Waals surface area (Å²) < 4.78 is 7.55. The van der Waals surface area contributed by atoms with Crippen LogP contribution in [0.4, 0.5) is 5.95 Å². The number of halogens is 1. The molecular formula is C13H8BrN5O3. The van der Waals surface area contributed by atoms with Crippen molar-refractivity contribution in [2.75, 3.05) is 0 Å². The largest absolute Gasteiger partial charge is 0.453 e. The highest BCUT2D eigenvalue weighted by atomic mass is 79.9. The molecule has 0 saturated carbocycles. The lowest BCUT2D eigenvalue weighted by molar-refractivity contribution is 0.0465. The average molecular weight is 362 g/mol. The van der Waals surface area contributed by atoms with E-state index in [4.69, 9.17) is 4.42 Å². The number of benzene rings is 1. The van der Waals surface area contributed by atoms with Crippen LogP contribution in [0.2, 0.25) is 0 Å². The van der Waals surface area contributed by atoms with Gasteiger partial charge in [0.1, 0.15) is 11.9 Å². The summed E-state index contributed by atoms with van der Waals surface area (Å²) in [5.41, 5.74) is 0.579. The van der Waals surface area contributed by atoms with Gasteiger partial charge in [0.15, 0.2) is 18.0 Å². The Hall–Kier alpha value is -2.39. The number of nitrogens with zero attached hydrogens (tertiary/aromatic N) is 5. The summed E-state index contributed by atoms with van der Waals surface area (Å²) in [5.74, 6) is -0.200. The van der Waals surface area contributed by atoms with Crippen LogP contribution in [0.15, 0.2) is 49.7 Å². The minimum Gasteiger partial charge on any atom is -0.453 e. The number of carbonyl (C=O) groups excluding carboxylic acids is 1. The molecule has 0 amide bonds.